The number of amides is 1. The SMILES string of the molecule is CCCCCCCCCCCCCCCCCCCCCCC/C=C/C(O)C(CO)NC(=O)CCCCCCCCCCCCCCCCCCCCCCCCCCCCCCCCCCCCCOC(=O)CCCCCCCCCCCCC. The molecule has 6 nitrogen and oxygen atoms in total. The van der Waals surface area contributed by atoms with Crippen molar-refractivity contribution < 1.29 is 24.5 Å². The number of hydrogen-bond acceptors (Lipinski definition) is 5. The second-order valence-corrected chi connectivity index (χ2v) is 27.8. The fourth-order valence-corrected chi connectivity index (χ4v) is 13.0. The number of rotatable bonds is 76. The molecule has 0 bridgehead atoms. The van der Waals surface area contributed by atoms with Crippen LogP contribution < -0.4 is 5.32 Å². The fourth-order valence-electron chi connectivity index (χ4n) is 13.0. The Kier molecular flexibility index (Phi) is 74.8. The molecule has 0 saturated carbocycles. The van der Waals surface area contributed by atoms with E-state index < -0.39 is 12.1 Å². The van der Waals surface area contributed by atoms with Crippen molar-refractivity contribution in [2.24, 2.45) is 0 Å². The van der Waals surface area contributed by atoms with Crippen LogP contribution in [0.1, 0.15) is 463 Å². The molecule has 512 valence electrons. The van der Waals surface area contributed by atoms with Crippen LogP contribution in [0.2, 0.25) is 0 Å². The zero-order chi connectivity index (χ0) is 62.0. The number of nitrogens with one attached hydrogen (secondary N) is 1. The molecule has 3 N–H and O–H groups in total. The molecule has 0 aliphatic rings. The summed E-state index contributed by atoms with van der Waals surface area (Å²) in [4.78, 5) is 24.6. The largest absolute Gasteiger partial charge is 0.466 e. The third-order valence-electron chi connectivity index (χ3n) is 19.1. The van der Waals surface area contributed by atoms with Gasteiger partial charge in [0.15, 0.2) is 0 Å². The maximum atomic E-state index is 12.6. The number of aliphatic hydroxyl groups is 2. The summed E-state index contributed by atoms with van der Waals surface area (Å²) in [5, 5.41) is 23.3. The average Bonchev–Trinajstić information content (AvgIpc) is 3.58. The minimum absolute atomic E-state index is 0.0232. The Morgan fingerprint density at radius 3 is 0.791 bits per heavy atom. The zero-order valence-electron chi connectivity index (χ0n) is 58.8. The highest BCUT2D eigenvalue weighted by atomic mass is 16.5. The van der Waals surface area contributed by atoms with Crippen molar-refractivity contribution in [3.05, 3.63) is 12.2 Å². The van der Waals surface area contributed by atoms with E-state index in [1.807, 2.05) is 6.08 Å². The third kappa shape index (κ3) is 71.7. The van der Waals surface area contributed by atoms with Gasteiger partial charge in [-0.2, -0.15) is 0 Å². The van der Waals surface area contributed by atoms with Crippen LogP contribution in [0.15, 0.2) is 12.2 Å². The number of allylic oxidation sites excluding steroid dienone is 1. The smallest absolute Gasteiger partial charge is 0.305 e. The summed E-state index contributed by atoms with van der Waals surface area (Å²) in [5.41, 5.74) is 0. The van der Waals surface area contributed by atoms with Gasteiger partial charge in [-0.15, -0.1) is 0 Å². The van der Waals surface area contributed by atoms with Crippen molar-refractivity contribution in [3.8, 4) is 0 Å². The monoisotopic (exact) mass is 1210 g/mol. The van der Waals surface area contributed by atoms with Gasteiger partial charge in [0.25, 0.3) is 0 Å². The van der Waals surface area contributed by atoms with Gasteiger partial charge in [-0.25, -0.2) is 0 Å². The van der Waals surface area contributed by atoms with Gasteiger partial charge in [0.1, 0.15) is 0 Å². The minimum atomic E-state index is -0.841. The molecule has 2 unspecified atom stereocenters. The minimum Gasteiger partial charge on any atom is -0.466 e. The highest BCUT2D eigenvalue weighted by Crippen LogP contribution is 2.20. The molecule has 0 heterocycles. The van der Waals surface area contributed by atoms with Crippen LogP contribution >= 0.6 is 0 Å². The van der Waals surface area contributed by atoms with Crippen LogP contribution in [0.5, 0.6) is 0 Å². The van der Waals surface area contributed by atoms with Crippen LogP contribution in [0, 0.1) is 0 Å². The van der Waals surface area contributed by atoms with E-state index in [4.69, 9.17) is 4.74 Å². The van der Waals surface area contributed by atoms with Crippen LogP contribution in [0.25, 0.3) is 0 Å². The molecule has 0 fully saturated rings. The first-order valence-corrected chi connectivity index (χ1v) is 40.0. The Hall–Kier alpha value is -1.40. The predicted octanol–water partition coefficient (Wildman–Crippen LogP) is 26.3. The molecular formula is C80H157NO5. The lowest BCUT2D eigenvalue weighted by Crippen LogP contribution is -2.45. The van der Waals surface area contributed by atoms with Crippen molar-refractivity contribution in [2.75, 3.05) is 13.2 Å². The molecule has 86 heavy (non-hydrogen) atoms. The van der Waals surface area contributed by atoms with Gasteiger partial charge in [0.05, 0.1) is 25.4 Å². The number of aliphatic hydroxyl groups excluding tert-OH is 2. The van der Waals surface area contributed by atoms with Crippen molar-refractivity contribution >= 4 is 11.9 Å². The van der Waals surface area contributed by atoms with Gasteiger partial charge in [-0.1, -0.05) is 431 Å². The number of carbonyl (C=O) groups is 2. The Bertz CT molecular complexity index is 1300. The Morgan fingerprint density at radius 1 is 0.314 bits per heavy atom. The normalized spacial score (nSPS) is 12.5. The molecule has 0 aromatic heterocycles. The average molecular weight is 1210 g/mol. The van der Waals surface area contributed by atoms with Crippen molar-refractivity contribution in [2.45, 2.75) is 475 Å². The molecule has 0 aliphatic carbocycles. The second kappa shape index (κ2) is 76.1. The van der Waals surface area contributed by atoms with Gasteiger partial charge < -0.3 is 20.3 Å². The number of hydrogen-bond donors (Lipinski definition) is 3. The molecule has 1 amide bonds. The third-order valence-corrected chi connectivity index (χ3v) is 19.1. The van der Waals surface area contributed by atoms with E-state index in [-0.39, 0.29) is 18.5 Å². The predicted molar refractivity (Wildman–Crippen MR) is 380 cm³/mol. The first kappa shape index (κ1) is 84.6. The lowest BCUT2D eigenvalue weighted by molar-refractivity contribution is -0.143. The summed E-state index contributed by atoms with van der Waals surface area (Å²) in [5.74, 6) is -0.0339. The summed E-state index contributed by atoms with van der Waals surface area (Å²) in [7, 11) is 0. The van der Waals surface area contributed by atoms with Gasteiger partial charge in [-0.05, 0) is 32.1 Å². The van der Waals surface area contributed by atoms with E-state index >= 15 is 0 Å². The summed E-state index contributed by atoms with van der Waals surface area (Å²) in [6, 6.07) is -0.624. The fraction of sp³-hybridized carbons (Fsp3) is 0.950. The van der Waals surface area contributed by atoms with Crippen molar-refractivity contribution in [1.82, 2.24) is 5.32 Å². The zero-order valence-corrected chi connectivity index (χ0v) is 58.8. The van der Waals surface area contributed by atoms with E-state index in [1.165, 1.54) is 398 Å². The van der Waals surface area contributed by atoms with E-state index in [0.717, 1.165) is 38.5 Å². The second-order valence-electron chi connectivity index (χ2n) is 27.8. The van der Waals surface area contributed by atoms with Crippen LogP contribution in [0.4, 0.5) is 0 Å². The lowest BCUT2D eigenvalue weighted by Gasteiger charge is -2.20. The van der Waals surface area contributed by atoms with E-state index in [0.29, 0.717) is 19.4 Å². The van der Waals surface area contributed by atoms with Gasteiger partial charge >= 0.3 is 5.97 Å². The molecule has 0 saturated heterocycles. The first-order chi connectivity index (χ1) is 42.5. The van der Waals surface area contributed by atoms with E-state index in [2.05, 4.69) is 19.2 Å². The molecule has 0 spiro atoms. The quantitative estimate of drug-likeness (QED) is 0.0320. The molecule has 0 aromatic carbocycles. The van der Waals surface area contributed by atoms with Crippen LogP contribution in [-0.4, -0.2) is 47.4 Å². The number of carbonyl (C=O) groups excluding carboxylic acids is 2. The first-order valence-electron chi connectivity index (χ1n) is 40.0. The van der Waals surface area contributed by atoms with Crippen LogP contribution in [-0.2, 0) is 14.3 Å². The highest BCUT2D eigenvalue weighted by Gasteiger charge is 2.18. The van der Waals surface area contributed by atoms with Gasteiger partial charge in [0.2, 0.25) is 5.91 Å². The summed E-state index contributed by atoms with van der Waals surface area (Å²) < 4.78 is 5.48. The van der Waals surface area contributed by atoms with E-state index in [9.17, 15) is 19.8 Å². The van der Waals surface area contributed by atoms with Crippen LogP contribution in [0.3, 0.4) is 0 Å². The Balaban J connectivity index is 3.34. The topological polar surface area (TPSA) is 95.9 Å². The number of ether oxygens (including phenoxy) is 1. The summed E-state index contributed by atoms with van der Waals surface area (Å²) in [6.45, 7) is 4.96. The molecule has 0 aliphatic heterocycles. The maximum Gasteiger partial charge on any atom is 0.305 e. The maximum absolute atomic E-state index is 12.6. The van der Waals surface area contributed by atoms with Crippen molar-refractivity contribution in [1.29, 1.82) is 0 Å². The standard InChI is InChI=1S/C80H157NO5/c1-3-5-7-9-11-13-15-16-17-18-19-20-34-37-40-43-46-49-53-56-60-64-68-72-78(83)77(76-82)81-79(84)73-69-65-61-57-54-50-47-44-41-38-35-32-30-28-26-24-22-21-23-25-27-29-31-33-36-39-42-45-48-51-55-59-63-67-71-75-86-80(85)74-70-66-62-58-52-14-12-10-8-6-4-2/h68,72,77-78,82-83H,3-67,69-71,73-76H2,1-2H3,(H,81,84)/b72-68+. The molecule has 6 heteroatoms. The molecule has 0 rings (SSSR count). The van der Waals surface area contributed by atoms with Crippen molar-refractivity contribution in [3.63, 3.8) is 0 Å². The molecule has 2 atom stereocenters. The molecular weight excluding hydrogens is 1050 g/mol. The summed E-state index contributed by atoms with van der Waals surface area (Å²) >= 11 is 0. The Labute approximate surface area is 539 Å². The summed E-state index contributed by atoms with van der Waals surface area (Å²) in [6.07, 6.45) is 96.3. The van der Waals surface area contributed by atoms with Gasteiger partial charge in [0, 0.05) is 12.8 Å². The molecule has 0 aromatic rings. The molecule has 0 radical (unpaired) electrons. The number of esters is 1. The lowest BCUT2D eigenvalue weighted by atomic mass is 10.0. The Morgan fingerprint density at radius 2 is 0.535 bits per heavy atom. The number of unbranched alkanes of at least 4 members (excludes halogenated alkanes) is 65. The highest BCUT2D eigenvalue weighted by molar-refractivity contribution is 5.76. The van der Waals surface area contributed by atoms with Gasteiger partial charge in [-0.3, -0.25) is 9.59 Å². The van der Waals surface area contributed by atoms with E-state index in [1.54, 1.807) is 6.08 Å².